The summed E-state index contributed by atoms with van der Waals surface area (Å²) >= 11 is 3.57. The molecule has 0 unspecified atom stereocenters. The van der Waals surface area contributed by atoms with Crippen LogP contribution < -0.4 is 14.8 Å². The molecule has 0 aliphatic rings. The molecular formula is C17H24BrN3O2. The van der Waals surface area contributed by atoms with E-state index in [9.17, 15) is 0 Å². The van der Waals surface area contributed by atoms with Gasteiger partial charge in [0.2, 0.25) is 0 Å². The Morgan fingerprint density at radius 1 is 1.35 bits per heavy atom. The third kappa shape index (κ3) is 5.55. The van der Waals surface area contributed by atoms with E-state index in [-0.39, 0.29) is 0 Å². The summed E-state index contributed by atoms with van der Waals surface area (Å²) in [7, 11) is 1.67. The average Bonchev–Trinajstić information content (AvgIpc) is 3.06. The van der Waals surface area contributed by atoms with Crippen molar-refractivity contribution in [1.82, 2.24) is 14.9 Å². The molecule has 1 heterocycles. The standard InChI is InChI=1S/C17H24BrN3O2/c1-3-9-23-17-15(18)10-14(11-16(17)22-2)12-19-5-4-7-21-8-6-20-13-21/h6,8,10-11,13,19H,3-5,7,9,12H2,1-2H3. The largest absolute Gasteiger partial charge is 0.493 e. The quantitative estimate of drug-likeness (QED) is 0.638. The Morgan fingerprint density at radius 3 is 2.91 bits per heavy atom. The first kappa shape index (κ1) is 17.8. The molecule has 0 atom stereocenters. The lowest BCUT2D eigenvalue weighted by molar-refractivity contribution is 0.292. The number of nitrogens with one attached hydrogen (secondary N) is 1. The molecule has 0 saturated carbocycles. The summed E-state index contributed by atoms with van der Waals surface area (Å²) in [5.74, 6) is 1.54. The van der Waals surface area contributed by atoms with Crippen LogP contribution in [-0.4, -0.2) is 29.8 Å². The Hall–Kier alpha value is -1.53. The second-order valence-electron chi connectivity index (χ2n) is 5.29. The van der Waals surface area contributed by atoms with Crippen LogP contribution in [0, 0.1) is 0 Å². The van der Waals surface area contributed by atoms with Gasteiger partial charge in [0.15, 0.2) is 11.5 Å². The molecule has 0 saturated heterocycles. The molecule has 2 rings (SSSR count). The van der Waals surface area contributed by atoms with Gasteiger partial charge in [-0.2, -0.15) is 0 Å². The lowest BCUT2D eigenvalue weighted by Gasteiger charge is -2.14. The van der Waals surface area contributed by atoms with Crippen LogP contribution in [-0.2, 0) is 13.1 Å². The van der Waals surface area contributed by atoms with Gasteiger partial charge in [0.25, 0.3) is 0 Å². The van der Waals surface area contributed by atoms with E-state index in [4.69, 9.17) is 9.47 Å². The van der Waals surface area contributed by atoms with Crippen molar-refractivity contribution in [2.75, 3.05) is 20.3 Å². The highest BCUT2D eigenvalue weighted by Gasteiger charge is 2.11. The minimum atomic E-state index is 0.681. The van der Waals surface area contributed by atoms with E-state index in [0.29, 0.717) is 6.61 Å². The molecule has 0 fully saturated rings. The second kappa shape index (κ2) is 9.57. The van der Waals surface area contributed by atoms with Gasteiger partial charge >= 0.3 is 0 Å². The molecule has 1 aromatic heterocycles. The van der Waals surface area contributed by atoms with E-state index in [1.807, 2.05) is 18.6 Å². The maximum absolute atomic E-state index is 5.75. The number of ether oxygens (including phenoxy) is 2. The molecular weight excluding hydrogens is 358 g/mol. The topological polar surface area (TPSA) is 48.3 Å². The number of methoxy groups -OCH3 is 1. The van der Waals surface area contributed by atoms with Gasteiger partial charge in [0.05, 0.1) is 24.5 Å². The Labute approximate surface area is 146 Å². The van der Waals surface area contributed by atoms with E-state index < -0.39 is 0 Å². The zero-order valence-electron chi connectivity index (χ0n) is 13.7. The molecule has 0 aliphatic carbocycles. The number of rotatable bonds is 10. The van der Waals surface area contributed by atoms with Crippen LogP contribution in [0.25, 0.3) is 0 Å². The van der Waals surface area contributed by atoms with Crippen molar-refractivity contribution in [2.45, 2.75) is 32.9 Å². The highest BCUT2D eigenvalue weighted by atomic mass is 79.9. The average molecular weight is 382 g/mol. The van der Waals surface area contributed by atoms with Crippen molar-refractivity contribution in [3.05, 3.63) is 40.9 Å². The smallest absolute Gasteiger partial charge is 0.175 e. The number of halogens is 1. The molecule has 2 aromatic rings. The first-order valence-corrected chi connectivity index (χ1v) is 8.69. The zero-order valence-corrected chi connectivity index (χ0v) is 15.3. The first-order chi connectivity index (χ1) is 11.2. The predicted molar refractivity (Wildman–Crippen MR) is 95.0 cm³/mol. The number of hydrogen-bond acceptors (Lipinski definition) is 4. The van der Waals surface area contributed by atoms with Crippen LogP contribution in [0.5, 0.6) is 11.5 Å². The second-order valence-corrected chi connectivity index (χ2v) is 6.14. The van der Waals surface area contributed by atoms with Crippen molar-refractivity contribution in [2.24, 2.45) is 0 Å². The highest BCUT2D eigenvalue weighted by molar-refractivity contribution is 9.10. The third-order valence-corrected chi connectivity index (χ3v) is 3.99. The van der Waals surface area contributed by atoms with Gasteiger partial charge in [-0.3, -0.25) is 0 Å². The van der Waals surface area contributed by atoms with Gasteiger partial charge in [0, 0.05) is 25.5 Å². The van der Waals surface area contributed by atoms with Crippen LogP contribution in [0.2, 0.25) is 0 Å². The van der Waals surface area contributed by atoms with Crippen molar-refractivity contribution in [1.29, 1.82) is 0 Å². The van der Waals surface area contributed by atoms with Gasteiger partial charge in [-0.05, 0) is 53.0 Å². The molecule has 0 amide bonds. The Bertz CT molecular complexity index is 588. The summed E-state index contributed by atoms with van der Waals surface area (Å²) in [5.41, 5.74) is 1.17. The van der Waals surface area contributed by atoms with Gasteiger partial charge in [-0.25, -0.2) is 4.98 Å². The third-order valence-electron chi connectivity index (χ3n) is 3.40. The Morgan fingerprint density at radius 2 is 2.22 bits per heavy atom. The predicted octanol–water partition coefficient (Wildman–Crippen LogP) is 3.62. The van der Waals surface area contributed by atoms with Crippen LogP contribution in [0.1, 0.15) is 25.3 Å². The maximum Gasteiger partial charge on any atom is 0.175 e. The van der Waals surface area contributed by atoms with Crippen LogP contribution >= 0.6 is 15.9 Å². The minimum absolute atomic E-state index is 0.681. The summed E-state index contributed by atoms with van der Waals surface area (Å²) in [4.78, 5) is 4.04. The van der Waals surface area contributed by atoms with E-state index >= 15 is 0 Å². The van der Waals surface area contributed by atoms with Crippen LogP contribution in [0.4, 0.5) is 0 Å². The summed E-state index contributed by atoms with van der Waals surface area (Å²) < 4.78 is 14.2. The molecule has 1 aromatic carbocycles. The first-order valence-electron chi connectivity index (χ1n) is 7.90. The molecule has 126 valence electrons. The summed E-state index contributed by atoms with van der Waals surface area (Å²) in [5, 5.41) is 3.45. The molecule has 6 heteroatoms. The van der Waals surface area contributed by atoms with Crippen molar-refractivity contribution >= 4 is 15.9 Å². The molecule has 0 aliphatic heterocycles. The molecule has 1 N–H and O–H groups in total. The molecule has 0 radical (unpaired) electrons. The zero-order chi connectivity index (χ0) is 16.5. The molecule has 5 nitrogen and oxygen atoms in total. The maximum atomic E-state index is 5.75. The fraction of sp³-hybridized carbons (Fsp3) is 0.471. The van der Waals surface area contributed by atoms with Crippen LogP contribution in [0.15, 0.2) is 35.3 Å². The number of benzene rings is 1. The van der Waals surface area contributed by atoms with Crippen molar-refractivity contribution in [3.8, 4) is 11.5 Å². The Kier molecular flexibility index (Phi) is 7.42. The summed E-state index contributed by atoms with van der Waals surface area (Å²) in [6.45, 7) is 5.49. The minimum Gasteiger partial charge on any atom is -0.493 e. The van der Waals surface area contributed by atoms with Gasteiger partial charge in [-0.15, -0.1) is 0 Å². The molecule has 0 spiro atoms. The van der Waals surface area contributed by atoms with Crippen molar-refractivity contribution < 1.29 is 9.47 Å². The van der Waals surface area contributed by atoms with E-state index in [0.717, 1.165) is 48.4 Å². The lowest BCUT2D eigenvalue weighted by atomic mass is 10.2. The number of aryl methyl sites for hydroxylation is 1. The van der Waals surface area contributed by atoms with Crippen LogP contribution in [0.3, 0.4) is 0 Å². The van der Waals surface area contributed by atoms with E-state index in [1.165, 1.54) is 5.56 Å². The Balaban J connectivity index is 1.83. The van der Waals surface area contributed by atoms with E-state index in [1.54, 1.807) is 13.3 Å². The van der Waals surface area contributed by atoms with Gasteiger partial charge < -0.3 is 19.4 Å². The van der Waals surface area contributed by atoms with Crippen molar-refractivity contribution in [3.63, 3.8) is 0 Å². The number of aromatic nitrogens is 2. The fourth-order valence-electron chi connectivity index (χ4n) is 2.26. The number of imidazole rings is 1. The lowest BCUT2D eigenvalue weighted by Crippen LogP contribution is -2.16. The normalized spacial score (nSPS) is 10.7. The SMILES string of the molecule is CCCOc1c(Br)cc(CNCCCn2ccnc2)cc1OC. The summed E-state index contributed by atoms with van der Waals surface area (Å²) in [6.07, 6.45) is 7.66. The monoisotopic (exact) mass is 381 g/mol. The molecule has 23 heavy (non-hydrogen) atoms. The van der Waals surface area contributed by atoms with E-state index in [2.05, 4.69) is 43.8 Å². The van der Waals surface area contributed by atoms with Gasteiger partial charge in [0.1, 0.15) is 0 Å². The fourth-order valence-corrected chi connectivity index (χ4v) is 2.86. The highest BCUT2D eigenvalue weighted by Crippen LogP contribution is 2.36. The number of hydrogen-bond donors (Lipinski definition) is 1. The molecule has 0 bridgehead atoms. The number of nitrogens with zero attached hydrogens (tertiary/aromatic N) is 2. The summed E-state index contributed by atoms with van der Waals surface area (Å²) in [6, 6.07) is 4.11. The van der Waals surface area contributed by atoms with Gasteiger partial charge in [-0.1, -0.05) is 6.92 Å².